The number of carbonyl (C=O) groups is 2. The Hall–Kier alpha value is -1.70. The summed E-state index contributed by atoms with van der Waals surface area (Å²) in [7, 11) is 0. The standard InChI is InChI=1S/C19H22O2/c1-3-12(4-2)13-9-10-16-17(11-13)19(21)15-8-6-5-7-14(15)18(16)20/h5-8,12-13H,3-4,9-11H2,1-2H3. The van der Waals surface area contributed by atoms with Gasteiger partial charge in [-0.25, -0.2) is 0 Å². The number of benzene rings is 1. The third kappa shape index (κ3) is 2.27. The van der Waals surface area contributed by atoms with E-state index in [0.717, 1.165) is 43.3 Å². The second-order valence-electron chi connectivity index (χ2n) is 6.24. The molecule has 3 rings (SSSR count). The van der Waals surface area contributed by atoms with Gasteiger partial charge in [0.1, 0.15) is 0 Å². The monoisotopic (exact) mass is 282 g/mol. The van der Waals surface area contributed by atoms with Gasteiger partial charge in [0.2, 0.25) is 0 Å². The van der Waals surface area contributed by atoms with Crippen molar-refractivity contribution in [3.63, 3.8) is 0 Å². The van der Waals surface area contributed by atoms with E-state index in [1.165, 1.54) is 0 Å². The van der Waals surface area contributed by atoms with Crippen LogP contribution < -0.4 is 0 Å². The highest BCUT2D eigenvalue weighted by Crippen LogP contribution is 2.41. The Kier molecular flexibility index (Phi) is 3.79. The van der Waals surface area contributed by atoms with E-state index in [2.05, 4.69) is 13.8 Å². The Bertz CT molecular complexity index is 620. The third-order valence-electron chi connectivity index (χ3n) is 5.28. The SMILES string of the molecule is CCC(CC)C1CCC2=C(C1)C(=O)c1ccccc1C2=O. The molecule has 0 N–H and O–H groups in total. The van der Waals surface area contributed by atoms with E-state index in [1.54, 1.807) is 12.1 Å². The molecule has 110 valence electrons. The number of hydrogen-bond donors (Lipinski definition) is 0. The molecule has 1 aromatic carbocycles. The van der Waals surface area contributed by atoms with Crippen LogP contribution in [0.3, 0.4) is 0 Å². The molecule has 0 saturated carbocycles. The van der Waals surface area contributed by atoms with Crippen LogP contribution in [0, 0.1) is 11.8 Å². The number of Topliss-reactive ketones (excluding diaryl/α,β-unsaturated/α-hetero) is 2. The summed E-state index contributed by atoms with van der Waals surface area (Å²) in [6.45, 7) is 4.45. The number of carbonyl (C=O) groups excluding carboxylic acids is 2. The van der Waals surface area contributed by atoms with E-state index in [9.17, 15) is 9.59 Å². The van der Waals surface area contributed by atoms with Crippen molar-refractivity contribution in [2.45, 2.75) is 46.0 Å². The van der Waals surface area contributed by atoms with Crippen molar-refractivity contribution in [3.05, 3.63) is 46.5 Å². The first-order valence-corrected chi connectivity index (χ1v) is 8.07. The Balaban J connectivity index is 1.97. The van der Waals surface area contributed by atoms with Gasteiger partial charge in [-0.2, -0.15) is 0 Å². The molecular formula is C19H22O2. The molecule has 0 heterocycles. The molecule has 0 bridgehead atoms. The predicted molar refractivity (Wildman–Crippen MR) is 83.5 cm³/mol. The predicted octanol–water partition coefficient (Wildman–Crippen LogP) is 4.60. The quantitative estimate of drug-likeness (QED) is 0.812. The highest BCUT2D eigenvalue weighted by molar-refractivity contribution is 6.27. The zero-order valence-corrected chi connectivity index (χ0v) is 12.8. The van der Waals surface area contributed by atoms with Gasteiger partial charge in [0.25, 0.3) is 0 Å². The molecule has 0 saturated heterocycles. The van der Waals surface area contributed by atoms with Crippen LogP contribution >= 0.6 is 0 Å². The summed E-state index contributed by atoms with van der Waals surface area (Å²) in [4.78, 5) is 25.3. The first kappa shape index (κ1) is 14.2. The Labute approximate surface area is 126 Å². The van der Waals surface area contributed by atoms with Crippen LogP contribution in [-0.4, -0.2) is 11.6 Å². The van der Waals surface area contributed by atoms with Crippen molar-refractivity contribution in [2.75, 3.05) is 0 Å². The van der Waals surface area contributed by atoms with E-state index in [-0.39, 0.29) is 11.6 Å². The van der Waals surface area contributed by atoms with Crippen LogP contribution in [-0.2, 0) is 0 Å². The fourth-order valence-corrected chi connectivity index (χ4v) is 4.01. The van der Waals surface area contributed by atoms with Gasteiger partial charge in [-0.3, -0.25) is 9.59 Å². The summed E-state index contributed by atoms with van der Waals surface area (Å²) in [5.74, 6) is 1.40. The molecule has 0 amide bonds. The summed E-state index contributed by atoms with van der Waals surface area (Å²) in [5, 5.41) is 0. The fourth-order valence-electron chi connectivity index (χ4n) is 4.01. The molecule has 1 aromatic rings. The van der Waals surface area contributed by atoms with E-state index in [4.69, 9.17) is 0 Å². The summed E-state index contributed by atoms with van der Waals surface area (Å²) in [5.41, 5.74) is 2.80. The topological polar surface area (TPSA) is 34.1 Å². The van der Waals surface area contributed by atoms with Crippen LogP contribution in [0.4, 0.5) is 0 Å². The zero-order chi connectivity index (χ0) is 15.0. The van der Waals surface area contributed by atoms with Crippen molar-refractivity contribution in [2.24, 2.45) is 11.8 Å². The van der Waals surface area contributed by atoms with Crippen molar-refractivity contribution in [1.29, 1.82) is 0 Å². The molecule has 2 nitrogen and oxygen atoms in total. The smallest absolute Gasteiger partial charge is 0.190 e. The minimum absolute atomic E-state index is 0.0863. The highest BCUT2D eigenvalue weighted by Gasteiger charge is 2.36. The van der Waals surface area contributed by atoms with Gasteiger partial charge in [-0.15, -0.1) is 0 Å². The van der Waals surface area contributed by atoms with Gasteiger partial charge < -0.3 is 0 Å². The molecule has 0 spiro atoms. The lowest BCUT2D eigenvalue weighted by molar-refractivity contribution is 0.0953. The molecule has 0 radical (unpaired) electrons. The average Bonchev–Trinajstić information content (AvgIpc) is 2.54. The normalized spacial score (nSPS) is 21.6. The van der Waals surface area contributed by atoms with Crippen molar-refractivity contribution in [3.8, 4) is 0 Å². The number of hydrogen-bond acceptors (Lipinski definition) is 2. The van der Waals surface area contributed by atoms with Crippen LogP contribution in [0.1, 0.15) is 66.7 Å². The van der Waals surface area contributed by atoms with Gasteiger partial charge in [0, 0.05) is 22.3 Å². The molecule has 1 unspecified atom stereocenters. The van der Waals surface area contributed by atoms with E-state index in [0.29, 0.717) is 23.0 Å². The lowest BCUT2D eigenvalue weighted by Gasteiger charge is -2.33. The third-order valence-corrected chi connectivity index (χ3v) is 5.28. The van der Waals surface area contributed by atoms with Gasteiger partial charge in [0.15, 0.2) is 11.6 Å². The minimum Gasteiger partial charge on any atom is -0.289 e. The highest BCUT2D eigenvalue weighted by atomic mass is 16.1. The second kappa shape index (κ2) is 5.59. The fraction of sp³-hybridized carbons (Fsp3) is 0.474. The van der Waals surface area contributed by atoms with Crippen molar-refractivity contribution < 1.29 is 9.59 Å². The van der Waals surface area contributed by atoms with Gasteiger partial charge >= 0.3 is 0 Å². The van der Waals surface area contributed by atoms with Crippen LogP contribution in [0.5, 0.6) is 0 Å². The minimum atomic E-state index is 0.0863. The molecule has 0 aliphatic heterocycles. The molecule has 2 heteroatoms. The largest absolute Gasteiger partial charge is 0.289 e. The zero-order valence-electron chi connectivity index (χ0n) is 12.8. The van der Waals surface area contributed by atoms with Gasteiger partial charge in [-0.1, -0.05) is 51.0 Å². The molecule has 0 fully saturated rings. The van der Waals surface area contributed by atoms with E-state index in [1.807, 2.05) is 12.1 Å². The number of rotatable bonds is 3. The lowest BCUT2D eigenvalue weighted by Crippen LogP contribution is -2.29. The average molecular weight is 282 g/mol. The molecule has 1 atom stereocenters. The summed E-state index contributed by atoms with van der Waals surface area (Å²) >= 11 is 0. The summed E-state index contributed by atoms with van der Waals surface area (Å²) < 4.78 is 0. The van der Waals surface area contributed by atoms with Crippen LogP contribution in [0.25, 0.3) is 0 Å². The maximum Gasteiger partial charge on any atom is 0.190 e. The molecule has 0 aromatic heterocycles. The van der Waals surface area contributed by atoms with Crippen molar-refractivity contribution >= 4 is 11.6 Å². The molecule has 2 aliphatic rings. The Morgan fingerprint density at radius 1 is 1.00 bits per heavy atom. The lowest BCUT2D eigenvalue weighted by atomic mass is 9.70. The van der Waals surface area contributed by atoms with Crippen molar-refractivity contribution in [1.82, 2.24) is 0 Å². The first-order chi connectivity index (χ1) is 10.2. The van der Waals surface area contributed by atoms with Gasteiger partial charge in [-0.05, 0) is 31.1 Å². The first-order valence-electron chi connectivity index (χ1n) is 8.07. The number of ketones is 2. The Morgan fingerprint density at radius 3 is 2.14 bits per heavy atom. The second-order valence-corrected chi connectivity index (χ2v) is 6.24. The maximum absolute atomic E-state index is 12.7. The van der Waals surface area contributed by atoms with Gasteiger partial charge in [0.05, 0.1) is 0 Å². The molecule has 21 heavy (non-hydrogen) atoms. The Morgan fingerprint density at radius 2 is 1.57 bits per heavy atom. The number of allylic oxidation sites excluding steroid dienone is 2. The molecular weight excluding hydrogens is 260 g/mol. The van der Waals surface area contributed by atoms with Crippen LogP contribution in [0.2, 0.25) is 0 Å². The number of fused-ring (bicyclic) bond motifs is 1. The summed E-state index contributed by atoms with van der Waals surface area (Å²) in [6, 6.07) is 7.26. The molecule has 2 aliphatic carbocycles. The summed E-state index contributed by atoms with van der Waals surface area (Å²) in [6.07, 6.45) is 4.92. The van der Waals surface area contributed by atoms with Crippen LogP contribution in [0.15, 0.2) is 35.4 Å². The maximum atomic E-state index is 12.7. The van der Waals surface area contributed by atoms with E-state index >= 15 is 0 Å². The van der Waals surface area contributed by atoms with E-state index < -0.39 is 0 Å².